The van der Waals surface area contributed by atoms with Crippen LogP contribution in [0.25, 0.3) is 0 Å². The van der Waals surface area contributed by atoms with Gasteiger partial charge in [0, 0.05) is 36.0 Å². The van der Waals surface area contributed by atoms with Crippen LogP contribution in [0.3, 0.4) is 0 Å². The van der Waals surface area contributed by atoms with E-state index in [-0.39, 0.29) is 0 Å². The number of hydrogen-bond acceptors (Lipinski definition) is 6. The van der Waals surface area contributed by atoms with Gasteiger partial charge in [-0.05, 0) is 82.5 Å². The van der Waals surface area contributed by atoms with Crippen molar-refractivity contribution in [1.82, 2.24) is 4.90 Å². The molecule has 1 fully saturated rings. The molecule has 2 aromatic rings. The molecule has 2 aromatic carbocycles. The maximum Gasteiger partial charge on any atom is 0.185 e. The van der Waals surface area contributed by atoms with E-state index in [1.807, 2.05) is 36.4 Å². The summed E-state index contributed by atoms with van der Waals surface area (Å²) in [6.07, 6.45) is 10.4. The van der Waals surface area contributed by atoms with E-state index < -0.39 is 15.1 Å². The van der Waals surface area contributed by atoms with Gasteiger partial charge in [-0.15, -0.1) is 0 Å². The van der Waals surface area contributed by atoms with Crippen molar-refractivity contribution in [3.8, 4) is 5.75 Å². The topological polar surface area (TPSA) is 59.1 Å². The Morgan fingerprint density at radius 2 is 1.69 bits per heavy atom. The predicted molar refractivity (Wildman–Crippen MR) is 154 cm³/mol. The van der Waals surface area contributed by atoms with Crippen molar-refractivity contribution in [3.05, 3.63) is 100 Å². The lowest BCUT2D eigenvalue weighted by Crippen LogP contribution is -2.38. The van der Waals surface area contributed by atoms with Gasteiger partial charge < -0.3 is 19.3 Å². The first-order chi connectivity index (χ1) is 18.8. The third-order valence-corrected chi connectivity index (χ3v) is 10.5. The minimum absolute atomic E-state index is 0.329. The summed E-state index contributed by atoms with van der Waals surface area (Å²) in [5, 5.41) is -0.581. The highest BCUT2D eigenvalue weighted by Gasteiger charge is 2.30. The van der Waals surface area contributed by atoms with E-state index in [0.717, 1.165) is 54.4 Å². The van der Waals surface area contributed by atoms with E-state index in [4.69, 9.17) is 9.47 Å². The molecule has 39 heavy (non-hydrogen) atoms. The maximum absolute atomic E-state index is 13.5. The summed E-state index contributed by atoms with van der Waals surface area (Å²) in [5.74, 6) is 2.34. The second kappa shape index (κ2) is 10.3. The Hall–Kier alpha value is -3.45. The van der Waals surface area contributed by atoms with Crippen molar-refractivity contribution in [1.29, 1.82) is 0 Å². The second-order valence-corrected chi connectivity index (χ2v) is 13.3. The van der Waals surface area contributed by atoms with Crippen LogP contribution in [0.1, 0.15) is 44.2 Å². The minimum Gasteiger partial charge on any atom is -0.477 e. The summed E-state index contributed by atoms with van der Waals surface area (Å²) in [7, 11) is -3.50. The lowest BCUT2D eigenvalue weighted by Gasteiger charge is -2.36. The quantitative estimate of drug-likeness (QED) is 0.424. The summed E-state index contributed by atoms with van der Waals surface area (Å²) in [4.78, 5) is 4.69. The summed E-state index contributed by atoms with van der Waals surface area (Å²) in [6, 6.07) is 13.5. The van der Waals surface area contributed by atoms with Crippen LogP contribution in [0.15, 0.2) is 94.3 Å². The third-order valence-electron chi connectivity index (χ3n) is 8.41. The molecular formula is C32H36N2O4S. The normalized spacial score (nSPS) is 23.2. The maximum atomic E-state index is 13.5. The highest BCUT2D eigenvalue weighted by atomic mass is 32.2. The van der Waals surface area contributed by atoms with Crippen LogP contribution in [-0.2, 0) is 21.1 Å². The van der Waals surface area contributed by atoms with Crippen LogP contribution in [0.4, 0.5) is 5.69 Å². The zero-order valence-electron chi connectivity index (χ0n) is 22.9. The average molecular weight is 545 g/mol. The number of aryl methyl sites for hydroxylation is 1. The Balaban J connectivity index is 1.11. The van der Waals surface area contributed by atoms with Crippen molar-refractivity contribution in [2.24, 2.45) is 5.92 Å². The van der Waals surface area contributed by atoms with Crippen LogP contribution in [-0.4, -0.2) is 38.6 Å². The number of hydrogen-bond donors (Lipinski definition) is 0. The molecule has 0 bridgehead atoms. The van der Waals surface area contributed by atoms with E-state index in [1.54, 1.807) is 12.1 Å². The number of rotatable bonds is 4. The van der Waals surface area contributed by atoms with Crippen molar-refractivity contribution in [2.75, 3.05) is 24.9 Å². The number of anilines is 1. The summed E-state index contributed by atoms with van der Waals surface area (Å²) in [5.41, 5.74) is 7.19. The van der Waals surface area contributed by atoms with Gasteiger partial charge in [-0.2, -0.15) is 0 Å². The fourth-order valence-electron chi connectivity index (χ4n) is 5.83. The minimum atomic E-state index is -3.50. The molecule has 204 valence electrons. The highest BCUT2D eigenvalue weighted by Crippen LogP contribution is 2.35. The van der Waals surface area contributed by atoms with Crippen LogP contribution < -0.4 is 9.64 Å². The van der Waals surface area contributed by atoms with Gasteiger partial charge in [-0.25, -0.2) is 8.42 Å². The molecule has 1 saturated heterocycles. The molecule has 0 spiro atoms. The first-order valence-corrected chi connectivity index (χ1v) is 15.2. The van der Waals surface area contributed by atoms with Gasteiger partial charge in [-0.3, -0.25) is 0 Å². The number of nitrogens with zero attached hydrogens (tertiary/aromatic N) is 2. The van der Waals surface area contributed by atoms with Crippen LogP contribution in [0, 0.1) is 12.8 Å². The molecule has 0 saturated carbocycles. The van der Waals surface area contributed by atoms with Gasteiger partial charge in [0.15, 0.2) is 23.3 Å². The molecule has 2 atom stereocenters. The number of benzene rings is 2. The Kier molecular flexibility index (Phi) is 6.79. The number of fused-ring (bicyclic) bond motifs is 2. The fourth-order valence-corrected chi connectivity index (χ4v) is 7.33. The SMILES string of the molecule is CC1=C(C)CC2CN(c3ccc(S(=O)(=O)C4C=CC(N5COc6ccc(C)cc6C5)=CC4)cc3)COC2=CC1. The molecule has 0 N–H and O–H groups in total. The standard InChI is InChI=1S/C32H36N2O4S/c1-22-4-14-31-25(16-22)18-33(20-37-31)27-6-10-29(11-7-27)39(35,36)30-12-8-28(9-13-30)34-19-26-17-24(3)23(2)5-15-32(26)38-21-34/h4,6-10,12-16,26,29H,5,11,17-21H2,1-3H3. The molecule has 0 radical (unpaired) electrons. The van der Waals surface area contributed by atoms with Gasteiger partial charge in [0.05, 0.1) is 10.1 Å². The molecule has 6 rings (SSSR count). The summed E-state index contributed by atoms with van der Waals surface area (Å²) >= 11 is 0. The van der Waals surface area contributed by atoms with E-state index >= 15 is 0 Å². The van der Waals surface area contributed by atoms with Crippen molar-refractivity contribution in [2.45, 2.75) is 56.7 Å². The van der Waals surface area contributed by atoms with Crippen molar-refractivity contribution in [3.63, 3.8) is 0 Å². The lowest BCUT2D eigenvalue weighted by molar-refractivity contribution is 0.131. The molecular weight excluding hydrogens is 508 g/mol. The molecule has 2 heterocycles. The Bertz CT molecular complexity index is 1500. The van der Waals surface area contributed by atoms with Gasteiger partial charge in [-0.1, -0.05) is 41.0 Å². The molecule has 4 aliphatic rings. The molecule has 0 amide bonds. The smallest absolute Gasteiger partial charge is 0.185 e. The van der Waals surface area contributed by atoms with E-state index in [1.165, 1.54) is 16.7 Å². The molecule has 7 heteroatoms. The number of ether oxygens (including phenoxy) is 2. The van der Waals surface area contributed by atoms with Crippen LogP contribution >= 0.6 is 0 Å². The largest absolute Gasteiger partial charge is 0.477 e. The number of sulfone groups is 1. The average Bonchev–Trinajstić information content (AvgIpc) is 3.09. The molecule has 2 aliphatic heterocycles. The van der Waals surface area contributed by atoms with Crippen LogP contribution in [0.2, 0.25) is 0 Å². The summed E-state index contributed by atoms with van der Waals surface area (Å²) < 4.78 is 39.0. The molecule has 2 aliphatic carbocycles. The van der Waals surface area contributed by atoms with Gasteiger partial charge in [0.1, 0.15) is 11.5 Å². The second-order valence-electron chi connectivity index (χ2n) is 11.2. The van der Waals surface area contributed by atoms with Crippen LogP contribution in [0.5, 0.6) is 5.75 Å². The molecule has 6 nitrogen and oxygen atoms in total. The van der Waals surface area contributed by atoms with Crippen molar-refractivity contribution >= 4 is 15.5 Å². The zero-order valence-corrected chi connectivity index (χ0v) is 23.7. The lowest BCUT2D eigenvalue weighted by atomic mass is 9.96. The first kappa shape index (κ1) is 25.8. The Morgan fingerprint density at radius 1 is 0.897 bits per heavy atom. The fraction of sp³-hybridized carbons (Fsp3) is 0.375. The molecule has 2 unspecified atom stereocenters. The van der Waals surface area contributed by atoms with E-state index in [2.05, 4.69) is 48.8 Å². The van der Waals surface area contributed by atoms with Gasteiger partial charge in [0.2, 0.25) is 0 Å². The Labute approximate surface area is 231 Å². The number of allylic oxidation sites excluding steroid dienone is 5. The predicted octanol–water partition coefficient (Wildman–Crippen LogP) is 6.26. The van der Waals surface area contributed by atoms with E-state index in [9.17, 15) is 8.42 Å². The monoisotopic (exact) mass is 544 g/mol. The summed E-state index contributed by atoms with van der Waals surface area (Å²) in [6.45, 7) is 9.04. The van der Waals surface area contributed by atoms with Gasteiger partial charge >= 0.3 is 0 Å². The van der Waals surface area contributed by atoms with Crippen molar-refractivity contribution < 1.29 is 17.9 Å². The van der Waals surface area contributed by atoms with Gasteiger partial charge in [0.25, 0.3) is 0 Å². The Morgan fingerprint density at radius 3 is 2.46 bits per heavy atom. The first-order valence-electron chi connectivity index (χ1n) is 13.7. The molecule has 0 aromatic heterocycles. The van der Waals surface area contributed by atoms with E-state index in [0.29, 0.717) is 30.7 Å². The third kappa shape index (κ3) is 5.12. The zero-order chi connectivity index (χ0) is 27.1. The highest BCUT2D eigenvalue weighted by molar-refractivity contribution is 7.92.